The third kappa shape index (κ3) is 3.90. The molecule has 1 aliphatic rings. The second-order valence-corrected chi connectivity index (χ2v) is 7.31. The second-order valence-electron chi connectivity index (χ2n) is 6.88. The summed E-state index contributed by atoms with van der Waals surface area (Å²) in [4.78, 5) is 4.97. The predicted octanol–water partition coefficient (Wildman–Crippen LogP) is 5.58. The number of para-hydroxylation sites is 1. The first-order valence-corrected chi connectivity index (χ1v) is 9.41. The maximum absolute atomic E-state index is 10.4. The minimum Gasteiger partial charge on any atom is -0.508 e. The number of aryl methyl sites for hydroxylation is 1. The van der Waals surface area contributed by atoms with Gasteiger partial charge in [0.05, 0.1) is 0 Å². The molecule has 0 fully saturated rings. The third-order valence-electron chi connectivity index (χ3n) is 4.92. The Labute approximate surface area is 164 Å². The van der Waals surface area contributed by atoms with Gasteiger partial charge >= 0.3 is 0 Å². The van der Waals surface area contributed by atoms with E-state index in [1.165, 1.54) is 5.56 Å². The lowest BCUT2D eigenvalue weighted by Gasteiger charge is -2.31. The van der Waals surface area contributed by atoms with Gasteiger partial charge in [0.2, 0.25) is 0 Å². The summed E-state index contributed by atoms with van der Waals surface area (Å²) in [5, 5.41) is 14.6. The topological polar surface area (TPSA) is 44.6 Å². The molecule has 1 aliphatic heterocycles. The van der Waals surface area contributed by atoms with E-state index in [1.54, 1.807) is 6.07 Å². The molecule has 0 saturated heterocycles. The molecule has 0 spiro atoms. The first-order chi connectivity index (χ1) is 13.1. The van der Waals surface area contributed by atoms with Crippen LogP contribution in [0.2, 0.25) is 5.02 Å². The van der Waals surface area contributed by atoms with Gasteiger partial charge < -0.3 is 5.11 Å². The Morgan fingerprint density at radius 1 is 0.963 bits per heavy atom. The number of hydrogen-bond acceptors (Lipinski definition) is 3. The van der Waals surface area contributed by atoms with Crippen molar-refractivity contribution < 1.29 is 5.11 Å². The molecular weight excluding hydrogens is 356 g/mol. The standard InChI is InChI=1S/C23H21ClN2O/c1-15-6-8-17(9-7-15)23-25-20(16-10-12-18(24)13-11-16)14-21(26-23)19-4-2-3-5-22(19)27/h2-13,21,23,26-27H,14H2,1H3/t21-,23+/m1/s1. The van der Waals surface area contributed by atoms with Crippen LogP contribution in [0.1, 0.15) is 40.9 Å². The van der Waals surface area contributed by atoms with E-state index in [0.717, 1.165) is 22.4 Å². The van der Waals surface area contributed by atoms with E-state index < -0.39 is 0 Å². The van der Waals surface area contributed by atoms with E-state index in [1.807, 2.05) is 42.5 Å². The van der Waals surface area contributed by atoms with Gasteiger partial charge in [-0.3, -0.25) is 10.3 Å². The van der Waals surface area contributed by atoms with Gasteiger partial charge in [0.25, 0.3) is 0 Å². The molecule has 0 radical (unpaired) electrons. The maximum atomic E-state index is 10.4. The molecule has 0 unspecified atom stereocenters. The van der Waals surface area contributed by atoms with Crippen molar-refractivity contribution in [3.63, 3.8) is 0 Å². The highest BCUT2D eigenvalue weighted by atomic mass is 35.5. The minimum absolute atomic E-state index is 0.0271. The summed E-state index contributed by atoms with van der Waals surface area (Å²) in [6.45, 7) is 2.07. The molecule has 0 amide bonds. The number of phenolic OH excluding ortho intramolecular Hbond substituents is 1. The molecule has 1 heterocycles. The number of aromatic hydroxyl groups is 1. The molecule has 2 atom stereocenters. The summed E-state index contributed by atoms with van der Waals surface area (Å²) < 4.78 is 0. The molecule has 2 N–H and O–H groups in total. The maximum Gasteiger partial charge on any atom is 0.126 e. The van der Waals surface area contributed by atoms with Crippen LogP contribution < -0.4 is 5.32 Å². The highest BCUT2D eigenvalue weighted by Crippen LogP contribution is 2.34. The summed E-state index contributed by atoms with van der Waals surface area (Å²) in [6, 6.07) is 23.6. The Balaban J connectivity index is 1.75. The van der Waals surface area contributed by atoms with Crippen LogP contribution >= 0.6 is 11.6 Å². The number of rotatable bonds is 3. The van der Waals surface area contributed by atoms with Crippen LogP contribution in [0.5, 0.6) is 5.75 Å². The van der Waals surface area contributed by atoms with Crippen molar-refractivity contribution in [3.8, 4) is 5.75 Å². The lowest BCUT2D eigenvalue weighted by Crippen LogP contribution is -2.33. The molecule has 136 valence electrons. The van der Waals surface area contributed by atoms with Crippen LogP contribution in [0.25, 0.3) is 0 Å². The summed E-state index contributed by atoms with van der Waals surface area (Å²) in [6.07, 6.45) is 0.524. The Morgan fingerprint density at radius 3 is 2.37 bits per heavy atom. The fourth-order valence-corrected chi connectivity index (χ4v) is 3.55. The Morgan fingerprint density at radius 2 is 1.67 bits per heavy atom. The average Bonchev–Trinajstić information content (AvgIpc) is 2.69. The average molecular weight is 377 g/mol. The third-order valence-corrected chi connectivity index (χ3v) is 5.18. The number of aliphatic imine (C=N–C) groups is 1. The van der Waals surface area contributed by atoms with E-state index in [2.05, 4.69) is 36.5 Å². The quantitative estimate of drug-likeness (QED) is 0.627. The fraction of sp³-hybridized carbons (Fsp3) is 0.174. The molecule has 0 aromatic heterocycles. The van der Waals surface area contributed by atoms with Crippen LogP contribution in [0, 0.1) is 6.92 Å². The zero-order chi connectivity index (χ0) is 18.8. The van der Waals surface area contributed by atoms with Gasteiger partial charge in [0.1, 0.15) is 11.9 Å². The molecule has 4 rings (SSSR count). The molecule has 4 heteroatoms. The van der Waals surface area contributed by atoms with Crippen molar-refractivity contribution in [2.45, 2.75) is 25.6 Å². The number of nitrogens with zero attached hydrogens (tertiary/aromatic N) is 1. The summed E-state index contributed by atoms with van der Waals surface area (Å²) in [5.74, 6) is 0.301. The van der Waals surface area contributed by atoms with E-state index in [-0.39, 0.29) is 12.2 Å². The smallest absolute Gasteiger partial charge is 0.126 e. The molecule has 27 heavy (non-hydrogen) atoms. The van der Waals surface area contributed by atoms with Crippen molar-refractivity contribution in [3.05, 3.63) is 100 Å². The number of phenols is 1. The molecule has 0 saturated carbocycles. The minimum atomic E-state index is -0.172. The normalized spacial score (nSPS) is 19.6. The van der Waals surface area contributed by atoms with Crippen LogP contribution in [-0.4, -0.2) is 10.8 Å². The lowest BCUT2D eigenvalue weighted by atomic mass is 9.93. The first-order valence-electron chi connectivity index (χ1n) is 9.03. The largest absolute Gasteiger partial charge is 0.508 e. The molecule has 0 bridgehead atoms. The molecular formula is C23H21ClN2O. The lowest BCUT2D eigenvalue weighted by molar-refractivity contribution is 0.412. The van der Waals surface area contributed by atoms with Crippen molar-refractivity contribution >= 4 is 17.3 Å². The zero-order valence-corrected chi connectivity index (χ0v) is 15.8. The molecule has 0 aliphatic carbocycles. The van der Waals surface area contributed by atoms with Gasteiger partial charge in [0, 0.05) is 28.8 Å². The highest BCUT2D eigenvalue weighted by Gasteiger charge is 2.27. The SMILES string of the molecule is Cc1ccc([C@H]2N=C(c3ccc(Cl)cc3)C[C@H](c3ccccc3O)N2)cc1. The summed E-state index contributed by atoms with van der Waals surface area (Å²) in [5.41, 5.74) is 5.26. The monoisotopic (exact) mass is 376 g/mol. The Kier molecular flexibility index (Phi) is 4.97. The van der Waals surface area contributed by atoms with Gasteiger partial charge in [-0.15, -0.1) is 0 Å². The van der Waals surface area contributed by atoms with Gasteiger partial charge in [-0.1, -0.05) is 71.8 Å². The number of nitrogens with one attached hydrogen (secondary N) is 1. The second kappa shape index (κ2) is 7.55. The molecule has 3 aromatic rings. The van der Waals surface area contributed by atoms with E-state index >= 15 is 0 Å². The van der Waals surface area contributed by atoms with Gasteiger partial charge in [-0.2, -0.15) is 0 Å². The van der Waals surface area contributed by atoms with Gasteiger partial charge in [-0.25, -0.2) is 0 Å². The van der Waals surface area contributed by atoms with Gasteiger partial charge in [0.15, 0.2) is 0 Å². The predicted molar refractivity (Wildman–Crippen MR) is 111 cm³/mol. The van der Waals surface area contributed by atoms with Crippen molar-refractivity contribution in [1.29, 1.82) is 0 Å². The summed E-state index contributed by atoms with van der Waals surface area (Å²) in [7, 11) is 0. The molecule has 3 aromatic carbocycles. The Hall–Kier alpha value is -2.62. The fourth-order valence-electron chi connectivity index (χ4n) is 3.42. The highest BCUT2D eigenvalue weighted by molar-refractivity contribution is 6.30. The number of halogens is 1. The zero-order valence-electron chi connectivity index (χ0n) is 15.1. The van der Waals surface area contributed by atoms with E-state index in [9.17, 15) is 5.11 Å². The summed E-state index contributed by atoms with van der Waals surface area (Å²) >= 11 is 6.05. The van der Waals surface area contributed by atoms with Crippen molar-refractivity contribution in [2.24, 2.45) is 4.99 Å². The van der Waals surface area contributed by atoms with E-state index in [4.69, 9.17) is 16.6 Å². The first kappa shape index (κ1) is 17.8. The van der Waals surface area contributed by atoms with Crippen molar-refractivity contribution in [2.75, 3.05) is 0 Å². The molecule has 3 nitrogen and oxygen atoms in total. The van der Waals surface area contributed by atoms with Crippen LogP contribution in [0.3, 0.4) is 0 Å². The van der Waals surface area contributed by atoms with Crippen LogP contribution in [0.4, 0.5) is 0 Å². The van der Waals surface area contributed by atoms with Crippen LogP contribution in [0.15, 0.2) is 77.8 Å². The number of hydrogen-bond donors (Lipinski definition) is 2. The van der Waals surface area contributed by atoms with E-state index in [0.29, 0.717) is 17.2 Å². The van der Waals surface area contributed by atoms with Gasteiger partial charge in [-0.05, 0) is 36.2 Å². The van der Waals surface area contributed by atoms with Crippen LogP contribution in [-0.2, 0) is 0 Å². The Bertz CT molecular complexity index is 964. The van der Waals surface area contributed by atoms with Crippen molar-refractivity contribution in [1.82, 2.24) is 5.32 Å². The number of benzene rings is 3.